The molecule has 0 saturated carbocycles. The number of hydrogen-bond donors (Lipinski definition) is 3. The van der Waals surface area contributed by atoms with Crippen molar-refractivity contribution in [1.29, 1.82) is 0 Å². The summed E-state index contributed by atoms with van der Waals surface area (Å²) >= 11 is 0. The molecule has 0 fully saturated rings. The number of aromatic nitrogens is 4. The molecule has 10 rings (SSSR count). The lowest BCUT2D eigenvalue weighted by Gasteiger charge is -2.33. The molecule has 2 aromatic heterocycles. The maximum Gasteiger partial charge on any atom is 0.252 e. The highest BCUT2D eigenvalue weighted by molar-refractivity contribution is 6.12. The van der Waals surface area contributed by atoms with Crippen LogP contribution in [0.15, 0.2) is 197 Å². The Labute approximate surface area is 550 Å². The molecule has 0 saturated heterocycles. The monoisotopic (exact) mass is 1220 g/mol. The molecule has 92 heavy (non-hydrogen) atoms. The number of amides is 1. The van der Waals surface area contributed by atoms with Crippen LogP contribution >= 0.6 is 0 Å². The number of nitrogens with one attached hydrogen (secondary N) is 3. The van der Waals surface area contributed by atoms with Crippen LogP contribution in [0.25, 0.3) is 67.7 Å². The van der Waals surface area contributed by atoms with Crippen molar-refractivity contribution in [2.24, 2.45) is 5.41 Å². The van der Waals surface area contributed by atoms with Gasteiger partial charge in [-0.1, -0.05) is 233 Å². The van der Waals surface area contributed by atoms with E-state index in [2.05, 4.69) is 291 Å². The molecule has 5 heterocycles. The second-order valence-corrected chi connectivity index (χ2v) is 26.9. The van der Waals surface area contributed by atoms with Crippen LogP contribution in [0.2, 0.25) is 0 Å². The quantitative estimate of drug-likeness (QED) is 0.0764. The Bertz CT molecular complexity index is 4370. The molecule has 3 aromatic carbocycles. The molecule has 2 aliphatic carbocycles. The summed E-state index contributed by atoms with van der Waals surface area (Å²) in [6.45, 7) is 37.9. The van der Waals surface area contributed by atoms with Crippen molar-refractivity contribution in [2.45, 2.75) is 174 Å². The number of aromatic amines is 2. The number of anilines is 1. The number of carbonyl (C=O) groups excluding carboxylic acids is 1. The van der Waals surface area contributed by atoms with E-state index in [9.17, 15) is 0 Å². The Hall–Kier alpha value is -8.87. The molecule has 8 bridgehead atoms. The summed E-state index contributed by atoms with van der Waals surface area (Å²) in [5.41, 5.74) is 32.8. The summed E-state index contributed by atoms with van der Waals surface area (Å²) in [7, 11) is 0. The first kappa shape index (κ1) is 66.1. The number of aryl methyl sites for hydroxylation is 4. The van der Waals surface area contributed by atoms with E-state index < -0.39 is 5.41 Å². The fourth-order valence-electron chi connectivity index (χ4n) is 14.7. The maximum atomic E-state index is 15.6. The Morgan fingerprint density at radius 3 is 1.76 bits per heavy atom. The third-order valence-electron chi connectivity index (χ3n) is 20.1. The summed E-state index contributed by atoms with van der Waals surface area (Å²) in [5, 5.41) is 3.41. The Balaban J connectivity index is 0.955. The highest BCUT2D eigenvalue weighted by Gasteiger charge is 2.53. The number of benzene rings is 3. The molecule has 5 aliphatic rings. The number of H-pyrrole nitrogens is 2. The Morgan fingerprint density at radius 2 is 1.18 bits per heavy atom. The summed E-state index contributed by atoms with van der Waals surface area (Å²) in [4.78, 5) is 35.3. The third-order valence-corrected chi connectivity index (χ3v) is 20.1. The zero-order chi connectivity index (χ0) is 65.8. The van der Waals surface area contributed by atoms with E-state index >= 15 is 4.79 Å². The Kier molecular flexibility index (Phi) is 20.1. The number of allylic oxidation sites excluding steroid dienone is 23. The first-order chi connectivity index (χ1) is 44.1. The van der Waals surface area contributed by atoms with Gasteiger partial charge in [-0.3, -0.25) is 4.79 Å². The average molecular weight is 1220 g/mol. The van der Waals surface area contributed by atoms with Crippen molar-refractivity contribution in [3.63, 3.8) is 0 Å². The van der Waals surface area contributed by atoms with Gasteiger partial charge in [0.25, 0.3) is 5.91 Å². The van der Waals surface area contributed by atoms with Crippen LogP contribution in [0.1, 0.15) is 209 Å². The zero-order valence-electron chi connectivity index (χ0n) is 58.0. The molecule has 1 amide bonds. The van der Waals surface area contributed by atoms with Gasteiger partial charge in [-0.15, -0.1) is 0 Å². The minimum Gasteiger partial charge on any atom is -0.360 e. The molecule has 6 nitrogen and oxygen atoms in total. The van der Waals surface area contributed by atoms with E-state index in [1.165, 1.54) is 80.5 Å². The summed E-state index contributed by atoms with van der Waals surface area (Å²) in [5.74, 6) is -0.272. The third kappa shape index (κ3) is 13.3. The predicted octanol–water partition coefficient (Wildman–Crippen LogP) is 23.6. The van der Waals surface area contributed by atoms with E-state index in [-0.39, 0.29) is 17.2 Å². The van der Waals surface area contributed by atoms with E-state index in [0.29, 0.717) is 6.42 Å². The molecule has 472 valence electrons. The highest BCUT2D eigenvalue weighted by atomic mass is 16.1. The average Bonchev–Trinajstić information content (AvgIpc) is 1.54. The van der Waals surface area contributed by atoms with Crippen LogP contribution in [0.5, 0.6) is 0 Å². The lowest BCUT2D eigenvalue weighted by Crippen LogP contribution is -2.34. The van der Waals surface area contributed by atoms with E-state index in [1.54, 1.807) is 0 Å². The van der Waals surface area contributed by atoms with Gasteiger partial charge in [-0.05, 0) is 200 Å². The fraction of sp³-hybridized carbons (Fsp3) is 0.314. The first-order valence-electron chi connectivity index (χ1n) is 33.7. The van der Waals surface area contributed by atoms with Gasteiger partial charge in [-0.25, -0.2) is 9.97 Å². The van der Waals surface area contributed by atoms with Crippen LogP contribution in [-0.4, -0.2) is 25.8 Å². The van der Waals surface area contributed by atoms with Crippen molar-refractivity contribution in [3.05, 3.63) is 264 Å². The zero-order valence-corrected chi connectivity index (χ0v) is 58.0. The maximum absolute atomic E-state index is 15.6. The van der Waals surface area contributed by atoms with Crippen molar-refractivity contribution in [1.82, 2.24) is 19.9 Å². The van der Waals surface area contributed by atoms with E-state index in [0.717, 1.165) is 126 Å². The number of hydrogen-bond acceptors (Lipinski definition) is 3. The molecule has 3 aliphatic heterocycles. The van der Waals surface area contributed by atoms with Gasteiger partial charge < -0.3 is 15.3 Å². The number of fused-ring (bicyclic) bond motifs is 8. The summed E-state index contributed by atoms with van der Waals surface area (Å²) in [6.07, 6.45) is 39.2. The molecule has 0 spiro atoms. The lowest BCUT2D eigenvalue weighted by atomic mass is 9.68. The van der Waals surface area contributed by atoms with Crippen LogP contribution < -0.4 is 5.32 Å². The first-order valence-corrected chi connectivity index (χ1v) is 33.7. The molecule has 2 atom stereocenters. The van der Waals surface area contributed by atoms with E-state index in [1.807, 2.05) is 12.1 Å². The molecule has 3 N–H and O–H groups in total. The fourth-order valence-corrected chi connectivity index (χ4v) is 14.7. The molecule has 6 heteroatoms. The number of carbonyl (C=O) groups is 1. The van der Waals surface area contributed by atoms with Gasteiger partial charge >= 0.3 is 0 Å². The van der Waals surface area contributed by atoms with Crippen molar-refractivity contribution >= 4 is 57.1 Å². The van der Waals surface area contributed by atoms with Gasteiger partial charge in [-0.2, -0.15) is 0 Å². The van der Waals surface area contributed by atoms with Crippen molar-refractivity contribution < 1.29 is 4.79 Å². The van der Waals surface area contributed by atoms with Gasteiger partial charge in [0.1, 0.15) is 0 Å². The van der Waals surface area contributed by atoms with Gasteiger partial charge in [0.15, 0.2) is 0 Å². The minimum atomic E-state index is -0.719. The van der Waals surface area contributed by atoms with E-state index in [4.69, 9.17) is 9.97 Å². The lowest BCUT2D eigenvalue weighted by molar-refractivity contribution is -0.113. The van der Waals surface area contributed by atoms with Crippen LogP contribution in [-0.2, 0) is 16.6 Å². The van der Waals surface area contributed by atoms with Crippen LogP contribution in [0.3, 0.4) is 0 Å². The minimum absolute atomic E-state index is 0.120. The second-order valence-electron chi connectivity index (χ2n) is 26.9. The molecular weight excluding hydrogens is 1120 g/mol. The normalized spacial score (nSPS) is 18.6. The number of nitrogens with zero attached hydrogens (tertiary/aromatic N) is 2. The summed E-state index contributed by atoms with van der Waals surface area (Å²) < 4.78 is 0. The van der Waals surface area contributed by atoms with Gasteiger partial charge in [0.2, 0.25) is 0 Å². The molecular formula is C86H97N5O. The molecule has 5 aromatic rings. The predicted molar refractivity (Wildman–Crippen MR) is 397 cm³/mol. The van der Waals surface area contributed by atoms with Crippen LogP contribution in [0.4, 0.5) is 5.69 Å². The standard InChI is InChI=1S/C86H97N5O/c1-18-68-60(12)78-76(65-43-35-57(9)36-44-65)80-62(14)70(20-3)82(90-80)71-51-73(86(21-4)63(15)81(91-83(71)86)77(66-45-37-58(10)38-46-66)79-61(13)69(19-2)75(89-79)52-74(68)88-78)84(92)87-67-47-41-64(42-48-67)40-34-55(7)31-24-29-53(5)27-22-23-28-54(6)30-25-32-56(8)39-49-72-59(11)33-26-50-85(72,16)17/h22-25,27-32,34-49,51-52,63,88,91H,18-21,26,33,50H2,1-17H3,(H,87,92)/b23-22+,29-24+,30-25+,40-34+,49-39+,53-27+,54-28+,55-31+,56-32+,75-52?,80-76?,81-77?. The highest BCUT2D eigenvalue weighted by Crippen LogP contribution is 2.59. The van der Waals surface area contributed by atoms with Crippen molar-refractivity contribution in [3.8, 4) is 22.3 Å². The largest absolute Gasteiger partial charge is 0.360 e. The number of rotatable bonds is 18. The Morgan fingerprint density at radius 1 is 0.630 bits per heavy atom. The van der Waals surface area contributed by atoms with Crippen molar-refractivity contribution in [2.75, 3.05) is 5.32 Å². The van der Waals surface area contributed by atoms with Gasteiger partial charge in [0, 0.05) is 56.2 Å². The smallest absolute Gasteiger partial charge is 0.252 e. The molecule has 2 unspecified atom stereocenters. The molecule has 0 radical (unpaired) electrons. The summed E-state index contributed by atoms with van der Waals surface area (Å²) in [6, 6.07) is 28.2. The SMILES string of the molecule is CCC1=C(C)c2nc1cc1[nH]c(c(C)c1CC)c(-c1ccc(C)cc1)c1nc(c3c4[nH]c(c2-c2ccc(C)cc2)C(C)C4(CC)C(C(=O)Nc2ccc(/C=C/C(C)=C/C=C/C(C)=C/C=C/C=C(C)/C=C/C=C(C)/C=C/C4=C(C)CCCC4(C)C)cc2)=C3)C(CC)=C1C. The van der Waals surface area contributed by atoms with Crippen LogP contribution in [0, 0.1) is 26.2 Å². The van der Waals surface area contributed by atoms with Gasteiger partial charge in [0.05, 0.1) is 28.3 Å². The topological polar surface area (TPSA) is 86.5 Å². The second kappa shape index (κ2) is 27.9.